The molecule has 0 aromatic rings. The van der Waals surface area contributed by atoms with Gasteiger partial charge in [0, 0.05) is 33.4 Å². The van der Waals surface area contributed by atoms with E-state index >= 15 is 0 Å². The van der Waals surface area contributed by atoms with Crippen LogP contribution < -0.4 is 5.32 Å². The highest BCUT2D eigenvalue weighted by molar-refractivity contribution is 4.90. The Balaban J connectivity index is 2.31. The number of nitrogens with zero attached hydrogens (tertiary/aromatic N) is 1. The van der Waals surface area contributed by atoms with Crippen molar-refractivity contribution < 1.29 is 9.47 Å². The number of nitrogens with one attached hydrogen (secondary N) is 1. The predicted molar refractivity (Wildman–Crippen MR) is 79.5 cm³/mol. The Morgan fingerprint density at radius 3 is 2.16 bits per heavy atom. The molecule has 0 aromatic heterocycles. The lowest BCUT2D eigenvalue weighted by atomic mass is 9.78. The lowest BCUT2D eigenvalue weighted by molar-refractivity contribution is 0.0227. The molecule has 0 saturated heterocycles. The Morgan fingerprint density at radius 1 is 1.11 bits per heavy atom. The maximum Gasteiger partial charge on any atom is 0.0589 e. The van der Waals surface area contributed by atoms with Crippen LogP contribution in [0, 0.1) is 11.8 Å². The van der Waals surface area contributed by atoms with E-state index in [2.05, 4.69) is 24.1 Å². The first kappa shape index (κ1) is 16.9. The molecule has 0 radical (unpaired) electrons. The molecule has 2 unspecified atom stereocenters. The number of ether oxygens (including phenoxy) is 2. The van der Waals surface area contributed by atoms with Crippen molar-refractivity contribution >= 4 is 0 Å². The maximum absolute atomic E-state index is 5.22. The topological polar surface area (TPSA) is 33.7 Å². The third kappa shape index (κ3) is 6.21. The summed E-state index contributed by atoms with van der Waals surface area (Å²) in [5.74, 6) is 1.53. The van der Waals surface area contributed by atoms with Gasteiger partial charge in [0.1, 0.15) is 0 Å². The van der Waals surface area contributed by atoms with Crippen molar-refractivity contribution in [1.29, 1.82) is 0 Å². The molecular weight excluding hydrogens is 240 g/mol. The van der Waals surface area contributed by atoms with E-state index in [1.165, 1.54) is 12.8 Å². The first-order valence-corrected chi connectivity index (χ1v) is 7.61. The molecule has 4 nitrogen and oxygen atoms in total. The molecule has 0 aromatic carbocycles. The lowest BCUT2D eigenvalue weighted by Crippen LogP contribution is -2.52. The molecule has 4 heteroatoms. The van der Waals surface area contributed by atoms with Gasteiger partial charge in [-0.15, -0.1) is 0 Å². The molecule has 0 aliphatic heterocycles. The van der Waals surface area contributed by atoms with Crippen molar-refractivity contribution in [1.82, 2.24) is 10.2 Å². The minimum absolute atomic E-state index is 0.713. The van der Waals surface area contributed by atoms with Crippen LogP contribution in [-0.4, -0.2) is 64.6 Å². The van der Waals surface area contributed by atoms with Crippen molar-refractivity contribution in [2.75, 3.05) is 53.6 Å². The number of hydrogen-bond acceptors (Lipinski definition) is 4. The van der Waals surface area contributed by atoms with Crippen LogP contribution in [-0.2, 0) is 9.47 Å². The van der Waals surface area contributed by atoms with Crippen molar-refractivity contribution in [2.45, 2.75) is 32.7 Å². The number of hydrogen-bond donors (Lipinski definition) is 1. The minimum atomic E-state index is 0.713. The van der Waals surface area contributed by atoms with Crippen LogP contribution in [0.1, 0.15) is 26.7 Å². The molecule has 0 bridgehead atoms. The van der Waals surface area contributed by atoms with Gasteiger partial charge in [0.2, 0.25) is 0 Å². The smallest absolute Gasteiger partial charge is 0.0589 e. The highest BCUT2D eigenvalue weighted by atomic mass is 16.5. The summed E-state index contributed by atoms with van der Waals surface area (Å²) in [6.07, 6.45) is 2.67. The molecule has 19 heavy (non-hydrogen) atoms. The standard InChI is InChI=1S/C15H32N2O2/c1-13(2)11-16-12-14-5-6-15(14)17(7-9-18-3)8-10-19-4/h13-16H,5-12H2,1-4H3. The van der Waals surface area contributed by atoms with Crippen LogP contribution in [0.5, 0.6) is 0 Å². The summed E-state index contributed by atoms with van der Waals surface area (Å²) >= 11 is 0. The van der Waals surface area contributed by atoms with Crippen molar-refractivity contribution in [3.8, 4) is 0 Å². The van der Waals surface area contributed by atoms with Gasteiger partial charge in [-0.3, -0.25) is 4.90 Å². The first-order valence-electron chi connectivity index (χ1n) is 7.61. The zero-order valence-electron chi connectivity index (χ0n) is 13.2. The average Bonchev–Trinajstić information content (AvgIpc) is 2.36. The van der Waals surface area contributed by atoms with Crippen LogP contribution in [0.3, 0.4) is 0 Å². The van der Waals surface area contributed by atoms with Gasteiger partial charge in [0.25, 0.3) is 0 Å². The van der Waals surface area contributed by atoms with Gasteiger partial charge in [-0.25, -0.2) is 0 Å². The van der Waals surface area contributed by atoms with E-state index in [-0.39, 0.29) is 0 Å². The fourth-order valence-electron chi connectivity index (χ4n) is 2.69. The molecule has 2 atom stereocenters. The molecule has 1 rings (SSSR count). The Labute approximate surface area is 118 Å². The van der Waals surface area contributed by atoms with Crippen molar-refractivity contribution in [3.63, 3.8) is 0 Å². The van der Waals surface area contributed by atoms with E-state index in [0.717, 1.165) is 51.2 Å². The van der Waals surface area contributed by atoms with E-state index in [4.69, 9.17) is 9.47 Å². The predicted octanol–water partition coefficient (Wildman–Crippen LogP) is 1.61. The van der Waals surface area contributed by atoms with Crippen LogP contribution in [0.15, 0.2) is 0 Å². The summed E-state index contributed by atoms with van der Waals surface area (Å²) in [5, 5.41) is 3.59. The summed E-state index contributed by atoms with van der Waals surface area (Å²) in [6, 6.07) is 0.713. The largest absolute Gasteiger partial charge is 0.383 e. The Bertz CT molecular complexity index is 216. The average molecular weight is 272 g/mol. The molecule has 0 amide bonds. The van der Waals surface area contributed by atoms with E-state index in [1.807, 2.05) is 0 Å². The Morgan fingerprint density at radius 2 is 1.74 bits per heavy atom. The maximum atomic E-state index is 5.22. The zero-order valence-corrected chi connectivity index (χ0v) is 13.2. The Kier molecular flexibility index (Phi) is 8.62. The van der Waals surface area contributed by atoms with E-state index in [9.17, 15) is 0 Å². The van der Waals surface area contributed by atoms with Crippen LogP contribution in [0.25, 0.3) is 0 Å². The normalized spacial score (nSPS) is 23.1. The summed E-state index contributed by atoms with van der Waals surface area (Å²) in [6.45, 7) is 10.5. The quantitative estimate of drug-likeness (QED) is 0.619. The lowest BCUT2D eigenvalue weighted by Gasteiger charge is -2.44. The molecule has 0 spiro atoms. The van der Waals surface area contributed by atoms with Crippen molar-refractivity contribution in [3.05, 3.63) is 0 Å². The van der Waals surface area contributed by atoms with Gasteiger partial charge in [-0.05, 0) is 37.8 Å². The molecule has 1 aliphatic rings. The highest BCUT2D eigenvalue weighted by Crippen LogP contribution is 2.31. The summed E-state index contributed by atoms with van der Waals surface area (Å²) < 4.78 is 10.4. The van der Waals surface area contributed by atoms with Gasteiger partial charge in [-0.2, -0.15) is 0 Å². The van der Waals surface area contributed by atoms with Gasteiger partial charge < -0.3 is 14.8 Å². The monoisotopic (exact) mass is 272 g/mol. The Hall–Kier alpha value is -0.160. The van der Waals surface area contributed by atoms with Gasteiger partial charge in [0.05, 0.1) is 13.2 Å². The molecule has 1 fully saturated rings. The summed E-state index contributed by atoms with van der Waals surface area (Å²) in [5.41, 5.74) is 0. The third-order valence-electron chi connectivity index (χ3n) is 3.97. The zero-order chi connectivity index (χ0) is 14.1. The third-order valence-corrected chi connectivity index (χ3v) is 3.97. The molecular formula is C15H32N2O2. The summed E-state index contributed by atoms with van der Waals surface area (Å²) in [7, 11) is 3.55. The second-order valence-electron chi connectivity index (χ2n) is 5.98. The number of methoxy groups -OCH3 is 2. The van der Waals surface area contributed by atoms with Gasteiger partial charge in [0.15, 0.2) is 0 Å². The molecule has 1 N–H and O–H groups in total. The molecule has 0 heterocycles. The highest BCUT2D eigenvalue weighted by Gasteiger charge is 2.34. The second kappa shape index (κ2) is 9.70. The van der Waals surface area contributed by atoms with Gasteiger partial charge >= 0.3 is 0 Å². The second-order valence-corrected chi connectivity index (χ2v) is 5.98. The minimum Gasteiger partial charge on any atom is -0.383 e. The van der Waals surface area contributed by atoms with Crippen LogP contribution in [0.2, 0.25) is 0 Å². The fraction of sp³-hybridized carbons (Fsp3) is 1.00. The summed E-state index contributed by atoms with van der Waals surface area (Å²) in [4.78, 5) is 2.54. The van der Waals surface area contributed by atoms with E-state index < -0.39 is 0 Å². The molecule has 1 aliphatic carbocycles. The van der Waals surface area contributed by atoms with Gasteiger partial charge in [-0.1, -0.05) is 13.8 Å². The molecule has 1 saturated carbocycles. The van der Waals surface area contributed by atoms with E-state index in [1.54, 1.807) is 14.2 Å². The molecule has 114 valence electrons. The van der Waals surface area contributed by atoms with Crippen LogP contribution in [0.4, 0.5) is 0 Å². The van der Waals surface area contributed by atoms with Crippen molar-refractivity contribution in [2.24, 2.45) is 11.8 Å². The van der Waals surface area contributed by atoms with Crippen LogP contribution >= 0.6 is 0 Å². The van der Waals surface area contributed by atoms with E-state index in [0.29, 0.717) is 6.04 Å². The number of rotatable bonds is 11. The first-order chi connectivity index (χ1) is 9.19. The SMILES string of the molecule is COCCN(CCOC)C1CCC1CNCC(C)C. The fourth-order valence-corrected chi connectivity index (χ4v) is 2.69.